The van der Waals surface area contributed by atoms with Crippen molar-refractivity contribution in [3.63, 3.8) is 0 Å². The quantitative estimate of drug-likeness (QED) is 0.839. The van der Waals surface area contributed by atoms with E-state index in [1.54, 1.807) is 0 Å². The average Bonchev–Trinajstić information content (AvgIpc) is 3.13. The fourth-order valence-corrected chi connectivity index (χ4v) is 2.53. The zero-order valence-electron chi connectivity index (χ0n) is 11.3. The van der Waals surface area contributed by atoms with Gasteiger partial charge in [0, 0.05) is 6.04 Å². The molecule has 2 amide bonds. The Morgan fingerprint density at radius 1 is 1.21 bits per heavy atom. The summed E-state index contributed by atoms with van der Waals surface area (Å²) >= 11 is 0. The molecule has 0 bridgehead atoms. The third-order valence-electron chi connectivity index (χ3n) is 3.98. The average molecular weight is 258 g/mol. The SMILES string of the molecule is Cc1cccc(N2C(=O)CC(NC3CC3)C2=O)c1C. The van der Waals surface area contributed by atoms with E-state index in [0.29, 0.717) is 6.04 Å². The molecule has 4 nitrogen and oxygen atoms in total. The molecular formula is C15H18N2O2. The maximum absolute atomic E-state index is 12.4. The second-order valence-corrected chi connectivity index (χ2v) is 5.48. The van der Waals surface area contributed by atoms with E-state index >= 15 is 0 Å². The molecule has 1 aromatic rings. The first kappa shape index (κ1) is 12.4. The van der Waals surface area contributed by atoms with Crippen LogP contribution in [0, 0.1) is 13.8 Å². The summed E-state index contributed by atoms with van der Waals surface area (Å²) in [5.74, 6) is -0.206. The van der Waals surface area contributed by atoms with Crippen LogP contribution in [0.2, 0.25) is 0 Å². The highest BCUT2D eigenvalue weighted by Gasteiger charge is 2.42. The molecule has 19 heavy (non-hydrogen) atoms. The van der Waals surface area contributed by atoms with Crippen molar-refractivity contribution in [3.8, 4) is 0 Å². The topological polar surface area (TPSA) is 49.4 Å². The molecule has 1 aromatic carbocycles. The summed E-state index contributed by atoms with van der Waals surface area (Å²) in [6.07, 6.45) is 2.51. The van der Waals surface area contributed by atoms with E-state index in [-0.39, 0.29) is 24.3 Å². The number of aryl methyl sites for hydroxylation is 1. The Balaban J connectivity index is 1.89. The van der Waals surface area contributed by atoms with Crippen molar-refractivity contribution in [1.82, 2.24) is 5.32 Å². The van der Waals surface area contributed by atoms with Crippen molar-refractivity contribution in [2.45, 2.75) is 45.2 Å². The highest BCUT2D eigenvalue weighted by molar-refractivity contribution is 6.22. The lowest BCUT2D eigenvalue weighted by atomic mass is 10.1. The highest BCUT2D eigenvalue weighted by Crippen LogP contribution is 2.29. The fraction of sp³-hybridized carbons (Fsp3) is 0.467. The Kier molecular flexibility index (Phi) is 2.90. The lowest BCUT2D eigenvalue weighted by Gasteiger charge is -2.18. The third kappa shape index (κ3) is 2.16. The van der Waals surface area contributed by atoms with Crippen LogP contribution in [0.4, 0.5) is 5.69 Å². The first-order valence-corrected chi connectivity index (χ1v) is 6.77. The van der Waals surface area contributed by atoms with E-state index < -0.39 is 0 Å². The van der Waals surface area contributed by atoms with E-state index in [1.165, 1.54) is 4.90 Å². The van der Waals surface area contributed by atoms with E-state index in [0.717, 1.165) is 29.7 Å². The molecule has 2 aliphatic rings. The van der Waals surface area contributed by atoms with Gasteiger partial charge in [-0.3, -0.25) is 9.59 Å². The smallest absolute Gasteiger partial charge is 0.251 e. The molecule has 1 saturated heterocycles. The molecule has 0 radical (unpaired) electrons. The van der Waals surface area contributed by atoms with Crippen molar-refractivity contribution in [2.75, 3.05) is 4.90 Å². The number of anilines is 1. The highest BCUT2D eigenvalue weighted by atomic mass is 16.2. The van der Waals surface area contributed by atoms with Crippen molar-refractivity contribution in [3.05, 3.63) is 29.3 Å². The molecule has 1 aliphatic carbocycles. The van der Waals surface area contributed by atoms with Crippen LogP contribution < -0.4 is 10.2 Å². The lowest BCUT2D eigenvalue weighted by molar-refractivity contribution is -0.121. The summed E-state index contributed by atoms with van der Waals surface area (Å²) in [5, 5.41) is 3.25. The third-order valence-corrected chi connectivity index (χ3v) is 3.98. The number of hydrogen-bond donors (Lipinski definition) is 1. The number of nitrogens with zero attached hydrogens (tertiary/aromatic N) is 1. The number of imide groups is 1. The number of nitrogens with one attached hydrogen (secondary N) is 1. The van der Waals surface area contributed by atoms with Gasteiger partial charge >= 0.3 is 0 Å². The minimum atomic E-state index is -0.333. The Hall–Kier alpha value is -1.68. The first-order chi connectivity index (χ1) is 9.08. The maximum atomic E-state index is 12.4. The largest absolute Gasteiger partial charge is 0.303 e. The Bertz CT molecular complexity index is 549. The maximum Gasteiger partial charge on any atom is 0.251 e. The van der Waals surface area contributed by atoms with Crippen molar-refractivity contribution in [2.24, 2.45) is 0 Å². The van der Waals surface area contributed by atoms with Gasteiger partial charge in [-0.05, 0) is 43.9 Å². The number of carbonyl (C=O) groups excluding carboxylic acids is 2. The van der Waals surface area contributed by atoms with E-state index in [2.05, 4.69) is 5.32 Å². The normalized spacial score (nSPS) is 23.3. The standard InChI is InChI=1S/C15H18N2O2/c1-9-4-3-5-13(10(9)2)17-14(18)8-12(15(17)19)16-11-6-7-11/h3-5,11-12,16H,6-8H2,1-2H3. The van der Waals surface area contributed by atoms with Crippen molar-refractivity contribution < 1.29 is 9.59 Å². The molecule has 2 fully saturated rings. The van der Waals surface area contributed by atoms with Gasteiger partial charge in [-0.1, -0.05) is 12.1 Å². The van der Waals surface area contributed by atoms with Gasteiger partial charge in [0.1, 0.15) is 0 Å². The first-order valence-electron chi connectivity index (χ1n) is 6.77. The molecule has 3 rings (SSSR count). The van der Waals surface area contributed by atoms with Crippen molar-refractivity contribution in [1.29, 1.82) is 0 Å². The second-order valence-electron chi connectivity index (χ2n) is 5.48. The number of carbonyl (C=O) groups is 2. The molecule has 100 valence electrons. The Morgan fingerprint density at radius 3 is 2.63 bits per heavy atom. The van der Waals surface area contributed by atoms with E-state index in [9.17, 15) is 9.59 Å². The summed E-state index contributed by atoms with van der Waals surface area (Å²) < 4.78 is 0. The fourth-order valence-electron chi connectivity index (χ4n) is 2.53. The minimum Gasteiger partial charge on any atom is -0.303 e. The molecule has 0 aromatic heterocycles. The molecule has 0 spiro atoms. The van der Waals surface area contributed by atoms with Crippen LogP contribution in [-0.2, 0) is 9.59 Å². The molecule has 1 unspecified atom stereocenters. The van der Waals surface area contributed by atoms with Crippen LogP contribution in [0.25, 0.3) is 0 Å². The van der Waals surface area contributed by atoms with Crippen LogP contribution >= 0.6 is 0 Å². The van der Waals surface area contributed by atoms with Gasteiger partial charge in [0.2, 0.25) is 5.91 Å². The predicted octanol–water partition coefficient (Wildman–Crippen LogP) is 1.69. The zero-order valence-corrected chi connectivity index (χ0v) is 11.3. The van der Waals surface area contributed by atoms with Gasteiger partial charge in [0.05, 0.1) is 18.2 Å². The van der Waals surface area contributed by atoms with Gasteiger partial charge in [-0.15, -0.1) is 0 Å². The predicted molar refractivity (Wildman–Crippen MR) is 73.0 cm³/mol. The summed E-state index contributed by atoms with van der Waals surface area (Å²) in [6.45, 7) is 3.94. The van der Waals surface area contributed by atoms with Gasteiger partial charge in [0.25, 0.3) is 5.91 Å². The van der Waals surface area contributed by atoms with Crippen LogP contribution in [0.15, 0.2) is 18.2 Å². The van der Waals surface area contributed by atoms with E-state index in [4.69, 9.17) is 0 Å². The molecule has 1 saturated carbocycles. The van der Waals surface area contributed by atoms with Crippen LogP contribution in [-0.4, -0.2) is 23.9 Å². The number of benzene rings is 1. The number of amides is 2. The second kappa shape index (κ2) is 4.46. The van der Waals surface area contributed by atoms with Crippen molar-refractivity contribution >= 4 is 17.5 Å². The molecular weight excluding hydrogens is 240 g/mol. The van der Waals surface area contributed by atoms with Gasteiger partial charge in [-0.25, -0.2) is 4.90 Å². The minimum absolute atomic E-state index is 0.100. The molecule has 1 aliphatic heterocycles. The Morgan fingerprint density at radius 2 is 1.95 bits per heavy atom. The summed E-state index contributed by atoms with van der Waals surface area (Å²) in [5.41, 5.74) is 2.82. The summed E-state index contributed by atoms with van der Waals surface area (Å²) in [4.78, 5) is 25.9. The summed E-state index contributed by atoms with van der Waals surface area (Å²) in [7, 11) is 0. The van der Waals surface area contributed by atoms with Gasteiger partial charge in [0.15, 0.2) is 0 Å². The number of rotatable bonds is 3. The molecule has 1 atom stereocenters. The molecule has 1 heterocycles. The van der Waals surface area contributed by atoms with Crippen LogP contribution in [0.1, 0.15) is 30.4 Å². The van der Waals surface area contributed by atoms with Gasteiger partial charge < -0.3 is 5.32 Å². The lowest BCUT2D eigenvalue weighted by Crippen LogP contribution is -2.40. The monoisotopic (exact) mass is 258 g/mol. The zero-order chi connectivity index (χ0) is 13.6. The molecule has 4 heteroatoms. The van der Waals surface area contributed by atoms with Crippen LogP contribution in [0.5, 0.6) is 0 Å². The van der Waals surface area contributed by atoms with Crippen LogP contribution in [0.3, 0.4) is 0 Å². The Labute approximate surface area is 112 Å². The van der Waals surface area contributed by atoms with E-state index in [1.807, 2.05) is 32.0 Å². The van der Waals surface area contributed by atoms with Gasteiger partial charge in [-0.2, -0.15) is 0 Å². The summed E-state index contributed by atoms with van der Waals surface area (Å²) in [6, 6.07) is 5.82. The number of hydrogen-bond acceptors (Lipinski definition) is 3. The molecule has 1 N–H and O–H groups in total.